The van der Waals surface area contributed by atoms with E-state index in [9.17, 15) is 26.9 Å². The predicted octanol–water partition coefficient (Wildman–Crippen LogP) is 3.10. The number of rotatable bonds is 7. The Morgan fingerprint density at radius 1 is 1.21 bits per heavy atom. The van der Waals surface area contributed by atoms with Crippen molar-refractivity contribution in [3.8, 4) is 0 Å². The molecule has 0 aliphatic rings. The van der Waals surface area contributed by atoms with E-state index in [1.807, 2.05) is 48.8 Å². The zero-order chi connectivity index (χ0) is 22.8. The van der Waals surface area contributed by atoms with Crippen LogP contribution in [0.5, 0.6) is 0 Å². The Morgan fingerprint density at radius 3 is 2.17 bits per heavy atom. The molecule has 1 N–H and O–H groups in total. The normalized spacial score (nSPS) is 12.7. The Labute approximate surface area is 168 Å². The maximum Gasteiger partial charge on any atom is 0.673 e. The second kappa shape index (κ2) is 11.7. The minimum absolute atomic E-state index is 0.237. The quantitative estimate of drug-likeness (QED) is 0.314. The van der Waals surface area contributed by atoms with E-state index in [2.05, 4.69) is 5.32 Å². The molecular formula is C17H30BF4N3O4. The van der Waals surface area contributed by atoms with Gasteiger partial charge in [0.05, 0.1) is 7.05 Å². The molecule has 1 aromatic rings. The molecule has 0 unspecified atom stereocenters. The van der Waals surface area contributed by atoms with E-state index in [1.165, 1.54) is 0 Å². The topological polar surface area (TPSA) is 73.4 Å². The Bertz CT molecular complexity index is 639. The Balaban J connectivity index is 0.00000139. The molecule has 29 heavy (non-hydrogen) atoms. The summed E-state index contributed by atoms with van der Waals surface area (Å²) in [7, 11) is -4.08. The summed E-state index contributed by atoms with van der Waals surface area (Å²) in [6.07, 6.45) is 5.60. The van der Waals surface area contributed by atoms with Crippen molar-refractivity contribution < 1.29 is 40.9 Å². The van der Waals surface area contributed by atoms with Gasteiger partial charge in [-0.2, -0.15) is 0 Å². The van der Waals surface area contributed by atoms with E-state index in [1.54, 1.807) is 20.8 Å². The second-order valence-corrected chi connectivity index (χ2v) is 7.81. The number of imidazole rings is 1. The number of halogens is 4. The van der Waals surface area contributed by atoms with Crippen LogP contribution in [-0.2, 0) is 27.9 Å². The summed E-state index contributed by atoms with van der Waals surface area (Å²) in [6, 6.07) is -0.708. The number of nitrogens with one attached hydrogen (secondary N) is 1. The van der Waals surface area contributed by atoms with Crippen LogP contribution in [0.25, 0.3) is 0 Å². The van der Waals surface area contributed by atoms with E-state index in [0.29, 0.717) is 13.0 Å². The first kappa shape index (κ1) is 26.7. The molecule has 168 valence electrons. The van der Waals surface area contributed by atoms with Crippen molar-refractivity contribution in [2.75, 3.05) is 6.61 Å². The lowest BCUT2D eigenvalue weighted by Gasteiger charge is -2.23. The van der Waals surface area contributed by atoms with E-state index in [0.717, 1.165) is 0 Å². The molecule has 1 atom stereocenters. The third-order valence-electron chi connectivity index (χ3n) is 3.10. The number of carbonyl (C=O) groups is 2. The average molecular weight is 427 g/mol. The number of nitrogens with zero attached hydrogens (tertiary/aromatic N) is 2. The average Bonchev–Trinajstić information content (AvgIpc) is 2.87. The summed E-state index contributed by atoms with van der Waals surface area (Å²) in [5.41, 5.74) is -0.611. The van der Waals surface area contributed by atoms with E-state index in [-0.39, 0.29) is 12.5 Å². The SMILES string of the molecule is CC(C)C[C@@H](NC(=O)OC(C)(C)C)C(=O)OCCn1cc[n+](C)c1.F[B-](F)(F)F. The van der Waals surface area contributed by atoms with Crippen molar-refractivity contribution >= 4 is 19.3 Å². The second-order valence-electron chi connectivity index (χ2n) is 7.81. The molecule has 1 heterocycles. The number of amides is 1. The van der Waals surface area contributed by atoms with Crippen LogP contribution in [0.1, 0.15) is 41.0 Å². The maximum absolute atomic E-state index is 12.3. The Kier molecular flexibility index (Phi) is 10.8. The minimum atomic E-state index is -6.00. The Hall–Kier alpha value is -2.27. The van der Waals surface area contributed by atoms with Gasteiger partial charge in [0.15, 0.2) is 0 Å². The predicted molar refractivity (Wildman–Crippen MR) is 99.4 cm³/mol. The van der Waals surface area contributed by atoms with Crippen molar-refractivity contribution in [2.45, 2.75) is 59.2 Å². The van der Waals surface area contributed by atoms with Crippen LogP contribution in [0.3, 0.4) is 0 Å². The number of hydrogen-bond acceptors (Lipinski definition) is 4. The molecule has 0 radical (unpaired) electrons. The number of ether oxygens (including phenoxy) is 2. The third-order valence-corrected chi connectivity index (χ3v) is 3.10. The van der Waals surface area contributed by atoms with Gasteiger partial charge in [0.2, 0.25) is 6.33 Å². The van der Waals surface area contributed by atoms with Gasteiger partial charge in [-0.15, -0.1) is 0 Å². The number of aryl methyl sites for hydroxylation is 1. The van der Waals surface area contributed by atoms with Gasteiger partial charge in [-0.05, 0) is 33.1 Å². The molecule has 0 bridgehead atoms. The van der Waals surface area contributed by atoms with Crippen LogP contribution in [0.15, 0.2) is 18.7 Å². The standard InChI is InChI=1S/C17H29N3O4.BF4/c1-13(2)11-14(18-16(22)24-17(3,4)5)15(21)23-10-9-20-8-7-19(6)12-20;2-1(3,4)5/h7-8,12-14H,9-11H2,1-6H3;/q;-1/p+1/t14-;/m1./s1. The molecule has 1 amide bonds. The highest BCUT2D eigenvalue weighted by atomic mass is 19.5. The molecule has 1 aromatic heterocycles. The third kappa shape index (κ3) is 16.4. The summed E-state index contributed by atoms with van der Waals surface area (Å²) >= 11 is 0. The number of alkyl carbamates (subject to hydrolysis) is 1. The zero-order valence-electron chi connectivity index (χ0n) is 17.6. The molecule has 0 aromatic carbocycles. The summed E-state index contributed by atoms with van der Waals surface area (Å²) in [5.74, 6) is -0.202. The van der Waals surface area contributed by atoms with Crippen LogP contribution >= 0.6 is 0 Å². The fraction of sp³-hybridized carbons (Fsp3) is 0.706. The molecule has 7 nitrogen and oxygen atoms in total. The van der Waals surface area contributed by atoms with Gasteiger partial charge in [-0.1, -0.05) is 13.8 Å². The van der Waals surface area contributed by atoms with Crippen molar-refractivity contribution in [2.24, 2.45) is 13.0 Å². The molecule has 0 fully saturated rings. The van der Waals surface area contributed by atoms with Crippen molar-refractivity contribution in [1.82, 2.24) is 9.88 Å². The van der Waals surface area contributed by atoms with Gasteiger partial charge >= 0.3 is 19.3 Å². The van der Waals surface area contributed by atoms with Crippen LogP contribution in [0, 0.1) is 5.92 Å². The minimum Gasteiger partial charge on any atom is -0.460 e. The number of carbonyl (C=O) groups excluding carboxylic acids is 2. The van der Waals surface area contributed by atoms with Gasteiger partial charge in [0.25, 0.3) is 0 Å². The largest absolute Gasteiger partial charge is 0.673 e. The monoisotopic (exact) mass is 427 g/mol. The van der Waals surface area contributed by atoms with Crippen molar-refractivity contribution in [1.29, 1.82) is 0 Å². The lowest BCUT2D eigenvalue weighted by Crippen LogP contribution is -2.45. The van der Waals surface area contributed by atoms with Crippen LogP contribution in [0.4, 0.5) is 22.1 Å². The smallest absolute Gasteiger partial charge is 0.460 e. The summed E-state index contributed by atoms with van der Waals surface area (Å²) in [4.78, 5) is 24.2. The van der Waals surface area contributed by atoms with Crippen LogP contribution in [0.2, 0.25) is 0 Å². The van der Waals surface area contributed by atoms with Gasteiger partial charge in [0, 0.05) is 0 Å². The Morgan fingerprint density at radius 2 is 1.76 bits per heavy atom. The number of hydrogen-bond donors (Lipinski definition) is 1. The van der Waals surface area contributed by atoms with E-state index in [4.69, 9.17) is 9.47 Å². The zero-order valence-corrected chi connectivity index (χ0v) is 17.6. The highest BCUT2D eigenvalue weighted by molar-refractivity contribution is 6.50. The maximum atomic E-state index is 12.3. The van der Waals surface area contributed by atoms with Crippen LogP contribution in [-0.4, -0.2) is 42.1 Å². The fourth-order valence-corrected chi connectivity index (χ4v) is 2.12. The highest BCUT2D eigenvalue weighted by Gasteiger charge is 2.26. The number of aromatic nitrogens is 2. The first-order valence-corrected chi connectivity index (χ1v) is 9.11. The lowest BCUT2D eigenvalue weighted by molar-refractivity contribution is -0.671. The van der Waals surface area contributed by atoms with Gasteiger partial charge in [-0.3, -0.25) is 0 Å². The van der Waals surface area contributed by atoms with Gasteiger partial charge < -0.3 is 32.1 Å². The molecule has 0 saturated carbocycles. The van der Waals surface area contributed by atoms with Gasteiger partial charge in [-0.25, -0.2) is 18.7 Å². The molecule has 1 rings (SSSR count). The molecule has 12 heteroatoms. The molecular weight excluding hydrogens is 397 g/mol. The first-order chi connectivity index (χ1) is 13.1. The number of esters is 1. The fourth-order valence-electron chi connectivity index (χ4n) is 2.12. The summed E-state index contributed by atoms with van der Waals surface area (Å²) < 4.78 is 53.4. The summed E-state index contributed by atoms with van der Waals surface area (Å²) in [6.45, 7) is 10.1. The van der Waals surface area contributed by atoms with E-state index >= 15 is 0 Å². The van der Waals surface area contributed by atoms with Crippen molar-refractivity contribution in [3.05, 3.63) is 18.7 Å². The molecule has 0 spiro atoms. The van der Waals surface area contributed by atoms with Crippen LogP contribution < -0.4 is 9.88 Å². The summed E-state index contributed by atoms with van der Waals surface area (Å²) in [5, 5.41) is 2.61. The molecule has 0 saturated heterocycles. The highest BCUT2D eigenvalue weighted by Crippen LogP contribution is 2.10. The lowest BCUT2D eigenvalue weighted by atomic mass is 10.0. The van der Waals surface area contributed by atoms with E-state index < -0.39 is 31.0 Å². The molecule has 0 aliphatic carbocycles. The van der Waals surface area contributed by atoms with Crippen molar-refractivity contribution in [3.63, 3.8) is 0 Å². The first-order valence-electron chi connectivity index (χ1n) is 9.11. The van der Waals surface area contributed by atoms with Gasteiger partial charge in [0.1, 0.15) is 37.2 Å². The molecule has 0 aliphatic heterocycles.